The summed E-state index contributed by atoms with van der Waals surface area (Å²) in [5, 5.41) is 0. The zero-order valence-corrected chi connectivity index (χ0v) is 6.62. The molecule has 0 aliphatic rings. The van der Waals surface area contributed by atoms with E-state index in [-0.39, 0.29) is 0 Å². The summed E-state index contributed by atoms with van der Waals surface area (Å²) in [6.07, 6.45) is 0. The number of nitrogens with two attached hydrogens (primary N) is 1. The average Bonchev–Trinajstić information content (AvgIpc) is 2.34. The fraction of sp³-hybridized carbons (Fsp3) is 0.429. The quantitative estimate of drug-likeness (QED) is 0.702. The molecular weight excluding hydrogens is 149 g/mol. The highest BCUT2D eigenvalue weighted by Crippen LogP contribution is 2.20. The molecular formula is C7H10FNS. The van der Waals surface area contributed by atoms with Crippen LogP contribution in [-0.2, 0) is 0 Å². The Bertz CT molecular complexity index is 209. The highest BCUT2D eigenvalue weighted by molar-refractivity contribution is 7.12. The van der Waals surface area contributed by atoms with E-state index in [0.29, 0.717) is 0 Å². The second-order valence-corrected chi connectivity index (χ2v) is 3.53. The second-order valence-electron chi connectivity index (χ2n) is 2.21. The Balaban J connectivity index is 2.74. The number of hydrogen-bond acceptors (Lipinski definition) is 2. The third kappa shape index (κ3) is 1.55. The van der Waals surface area contributed by atoms with Crippen LogP contribution in [-0.4, -0.2) is 6.67 Å². The molecule has 0 aliphatic heterocycles. The van der Waals surface area contributed by atoms with Crippen molar-refractivity contribution in [3.63, 3.8) is 0 Å². The molecule has 0 saturated carbocycles. The second kappa shape index (κ2) is 3.12. The van der Waals surface area contributed by atoms with E-state index in [2.05, 4.69) is 0 Å². The van der Waals surface area contributed by atoms with Gasteiger partial charge in [-0.05, 0) is 19.1 Å². The summed E-state index contributed by atoms with van der Waals surface area (Å²) in [5.41, 5.74) is 5.44. The molecule has 0 spiro atoms. The first kappa shape index (κ1) is 7.69. The molecule has 1 aromatic heterocycles. The highest BCUT2D eigenvalue weighted by atomic mass is 32.1. The van der Waals surface area contributed by atoms with Crippen molar-refractivity contribution >= 4 is 11.3 Å². The Morgan fingerprint density at radius 2 is 2.40 bits per heavy atom. The molecule has 0 saturated heterocycles. The van der Waals surface area contributed by atoms with Crippen molar-refractivity contribution in [1.29, 1.82) is 0 Å². The summed E-state index contributed by atoms with van der Waals surface area (Å²) >= 11 is 1.56. The van der Waals surface area contributed by atoms with E-state index >= 15 is 0 Å². The Hall–Kier alpha value is -0.410. The maximum absolute atomic E-state index is 12.0. The molecule has 1 heterocycles. The van der Waals surface area contributed by atoms with Gasteiger partial charge in [-0.1, -0.05) is 0 Å². The number of thiophene rings is 1. The summed E-state index contributed by atoms with van der Waals surface area (Å²) < 4.78 is 12.0. The van der Waals surface area contributed by atoms with E-state index in [9.17, 15) is 4.39 Å². The van der Waals surface area contributed by atoms with Gasteiger partial charge in [0.25, 0.3) is 0 Å². The number of hydrogen-bond donors (Lipinski definition) is 1. The van der Waals surface area contributed by atoms with E-state index in [1.807, 2.05) is 19.1 Å². The summed E-state index contributed by atoms with van der Waals surface area (Å²) in [4.78, 5) is 2.11. The van der Waals surface area contributed by atoms with E-state index in [1.54, 1.807) is 11.3 Å². The zero-order chi connectivity index (χ0) is 7.56. The smallest absolute Gasteiger partial charge is 0.109 e. The maximum Gasteiger partial charge on any atom is 0.109 e. The molecule has 0 radical (unpaired) electrons. The molecule has 1 aromatic rings. The van der Waals surface area contributed by atoms with Crippen molar-refractivity contribution in [2.75, 3.05) is 6.67 Å². The van der Waals surface area contributed by atoms with Crippen LogP contribution in [0.4, 0.5) is 4.39 Å². The van der Waals surface area contributed by atoms with E-state index in [1.165, 1.54) is 4.88 Å². The summed E-state index contributed by atoms with van der Waals surface area (Å²) in [6.45, 7) is 1.51. The normalized spacial score (nSPS) is 13.5. The molecule has 0 aliphatic carbocycles. The predicted molar refractivity (Wildman–Crippen MR) is 42.0 cm³/mol. The molecule has 2 N–H and O–H groups in total. The SMILES string of the molecule is Cc1ccc(C(N)CF)s1. The fourth-order valence-electron chi connectivity index (χ4n) is 0.729. The first-order chi connectivity index (χ1) is 4.74. The van der Waals surface area contributed by atoms with Crippen LogP contribution >= 0.6 is 11.3 Å². The third-order valence-corrected chi connectivity index (χ3v) is 2.43. The maximum atomic E-state index is 12.0. The molecule has 0 bridgehead atoms. The van der Waals surface area contributed by atoms with Crippen LogP contribution in [0.1, 0.15) is 15.8 Å². The predicted octanol–water partition coefficient (Wildman–Crippen LogP) is 2.03. The number of rotatable bonds is 2. The van der Waals surface area contributed by atoms with Gasteiger partial charge in [0.05, 0.1) is 6.04 Å². The van der Waals surface area contributed by atoms with E-state index < -0.39 is 12.7 Å². The topological polar surface area (TPSA) is 26.0 Å². The van der Waals surface area contributed by atoms with Crippen molar-refractivity contribution in [1.82, 2.24) is 0 Å². The molecule has 3 heteroatoms. The number of alkyl halides is 1. The van der Waals surface area contributed by atoms with Gasteiger partial charge >= 0.3 is 0 Å². The van der Waals surface area contributed by atoms with Gasteiger partial charge in [-0.25, -0.2) is 4.39 Å². The van der Waals surface area contributed by atoms with Crippen molar-refractivity contribution in [3.8, 4) is 0 Å². The lowest BCUT2D eigenvalue weighted by molar-refractivity contribution is 0.440. The summed E-state index contributed by atoms with van der Waals surface area (Å²) in [6, 6.07) is 3.42. The van der Waals surface area contributed by atoms with Crippen molar-refractivity contribution in [2.24, 2.45) is 5.73 Å². The van der Waals surface area contributed by atoms with E-state index in [0.717, 1.165) is 4.88 Å². The van der Waals surface area contributed by atoms with Crippen LogP contribution in [0.5, 0.6) is 0 Å². The molecule has 1 rings (SSSR count). The minimum atomic E-state index is -0.472. The minimum Gasteiger partial charge on any atom is -0.321 e. The fourth-order valence-corrected chi connectivity index (χ4v) is 1.59. The first-order valence-corrected chi connectivity index (χ1v) is 3.93. The molecule has 10 heavy (non-hydrogen) atoms. The van der Waals surface area contributed by atoms with Crippen LogP contribution in [0.15, 0.2) is 12.1 Å². The van der Waals surface area contributed by atoms with Crippen molar-refractivity contribution in [3.05, 3.63) is 21.9 Å². The molecule has 1 nitrogen and oxygen atoms in total. The largest absolute Gasteiger partial charge is 0.321 e. The Labute approximate surface area is 63.7 Å². The van der Waals surface area contributed by atoms with Gasteiger partial charge in [0.2, 0.25) is 0 Å². The summed E-state index contributed by atoms with van der Waals surface area (Å²) in [7, 11) is 0. The lowest BCUT2D eigenvalue weighted by atomic mass is 10.3. The van der Waals surface area contributed by atoms with Crippen LogP contribution in [0.3, 0.4) is 0 Å². The van der Waals surface area contributed by atoms with Gasteiger partial charge in [-0.2, -0.15) is 0 Å². The van der Waals surface area contributed by atoms with Gasteiger partial charge in [-0.3, -0.25) is 0 Å². The highest BCUT2D eigenvalue weighted by Gasteiger charge is 2.05. The molecule has 1 atom stereocenters. The molecule has 1 unspecified atom stereocenters. The van der Waals surface area contributed by atoms with Gasteiger partial charge < -0.3 is 5.73 Å². The Kier molecular flexibility index (Phi) is 2.40. The first-order valence-electron chi connectivity index (χ1n) is 3.12. The minimum absolute atomic E-state index is 0.418. The van der Waals surface area contributed by atoms with Gasteiger partial charge in [-0.15, -0.1) is 11.3 Å². The monoisotopic (exact) mass is 159 g/mol. The standard InChI is InChI=1S/C7H10FNS/c1-5-2-3-7(10-5)6(9)4-8/h2-3,6H,4,9H2,1H3. The zero-order valence-electron chi connectivity index (χ0n) is 5.80. The Morgan fingerprint density at radius 3 is 2.80 bits per heavy atom. The number of halogens is 1. The van der Waals surface area contributed by atoms with Crippen molar-refractivity contribution in [2.45, 2.75) is 13.0 Å². The van der Waals surface area contributed by atoms with E-state index in [4.69, 9.17) is 5.73 Å². The van der Waals surface area contributed by atoms with Gasteiger partial charge in [0.15, 0.2) is 0 Å². The molecule has 0 fully saturated rings. The molecule has 0 amide bonds. The van der Waals surface area contributed by atoms with Crippen molar-refractivity contribution < 1.29 is 4.39 Å². The molecule has 0 aromatic carbocycles. The van der Waals surface area contributed by atoms with Crippen LogP contribution < -0.4 is 5.73 Å². The summed E-state index contributed by atoms with van der Waals surface area (Å²) in [5.74, 6) is 0. The van der Waals surface area contributed by atoms with Gasteiger partial charge in [0.1, 0.15) is 6.67 Å². The third-order valence-electron chi connectivity index (χ3n) is 1.29. The number of aryl methyl sites for hydroxylation is 1. The lowest BCUT2D eigenvalue weighted by Crippen LogP contribution is -2.09. The Morgan fingerprint density at radius 1 is 1.70 bits per heavy atom. The van der Waals surface area contributed by atoms with Gasteiger partial charge in [0, 0.05) is 9.75 Å². The molecule has 56 valence electrons. The van der Waals surface area contributed by atoms with Crippen LogP contribution in [0, 0.1) is 6.92 Å². The average molecular weight is 159 g/mol. The lowest BCUT2D eigenvalue weighted by Gasteiger charge is -2.00. The van der Waals surface area contributed by atoms with Crippen LogP contribution in [0.25, 0.3) is 0 Å². The van der Waals surface area contributed by atoms with Crippen LogP contribution in [0.2, 0.25) is 0 Å².